The van der Waals surface area contributed by atoms with Crippen LogP contribution in [0.4, 0.5) is 0 Å². The van der Waals surface area contributed by atoms with Crippen LogP contribution in [-0.2, 0) is 15.6 Å². The lowest BCUT2D eigenvalue weighted by Crippen LogP contribution is -2.21. The first-order valence-electron chi connectivity index (χ1n) is 7.30. The summed E-state index contributed by atoms with van der Waals surface area (Å²) in [6.07, 6.45) is 0. The zero-order valence-electron chi connectivity index (χ0n) is 14.6. The van der Waals surface area contributed by atoms with Gasteiger partial charge in [-0.3, -0.25) is 4.79 Å². The quantitative estimate of drug-likeness (QED) is 0.607. The Kier molecular flexibility index (Phi) is 5.21. The summed E-state index contributed by atoms with van der Waals surface area (Å²) in [4.78, 5) is 11.9. The maximum absolute atomic E-state index is 11.9. The predicted octanol–water partition coefficient (Wildman–Crippen LogP) is 4.47. The van der Waals surface area contributed by atoms with Gasteiger partial charge in [-0.25, -0.2) is 0 Å². The highest BCUT2D eigenvalue weighted by atomic mass is 16.7. The van der Waals surface area contributed by atoms with E-state index in [0.717, 1.165) is 22.4 Å². The van der Waals surface area contributed by atoms with Gasteiger partial charge < -0.3 is 9.47 Å². The number of carbonyl (C=O) groups is 1. The van der Waals surface area contributed by atoms with Gasteiger partial charge in [0.2, 0.25) is 0 Å². The third-order valence-corrected chi connectivity index (χ3v) is 3.43. The topological polar surface area (TPSA) is 35.5 Å². The Balaban J connectivity index is 3.65. The van der Waals surface area contributed by atoms with Crippen LogP contribution in [0, 0.1) is 0 Å². The molecule has 1 rings (SSSR count). The molecule has 0 radical (unpaired) electrons. The van der Waals surface area contributed by atoms with Gasteiger partial charge in [-0.1, -0.05) is 41.5 Å². The molecule has 0 saturated heterocycles. The van der Waals surface area contributed by atoms with E-state index in [9.17, 15) is 4.79 Å². The van der Waals surface area contributed by atoms with E-state index in [1.807, 2.05) is 12.1 Å². The second kappa shape index (κ2) is 6.18. The second-order valence-electron chi connectivity index (χ2n) is 7.51. The molecule has 1 aromatic rings. The molecule has 0 heterocycles. The van der Waals surface area contributed by atoms with Crippen molar-refractivity contribution in [1.82, 2.24) is 0 Å². The zero-order valence-corrected chi connectivity index (χ0v) is 14.6. The van der Waals surface area contributed by atoms with Crippen LogP contribution in [0.3, 0.4) is 0 Å². The number of Topliss-reactive ketones (excluding diaryl/α,β-unsaturated/α-hetero) is 1. The predicted molar refractivity (Wildman–Crippen MR) is 86.4 cm³/mol. The number of rotatable bonds is 4. The summed E-state index contributed by atoms with van der Waals surface area (Å²) in [6, 6.07) is 3.89. The van der Waals surface area contributed by atoms with Crippen molar-refractivity contribution in [3.05, 3.63) is 28.8 Å². The van der Waals surface area contributed by atoms with E-state index in [-0.39, 0.29) is 23.4 Å². The van der Waals surface area contributed by atoms with Crippen molar-refractivity contribution in [2.24, 2.45) is 0 Å². The van der Waals surface area contributed by atoms with E-state index in [1.54, 1.807) is 14.0 Å². The Morgan fingerprint density at radius 1 is 1.00 bits per heavy atom. The minimum Gasteiger partial charge on any atom is -0.467 e. The molecule has 118 valence electrons. The standard InChI is InChI=1S/C18H28O3/c1-12(19)13-9-14(17(2,3)4)16(21-11-20-8)15(10-13)18(5,6)7/h9-10H,11H2,1-8H3. The number of carbonyl (C=O) groups excluding carboxylic acids is 1. The molecule has 3 heteroatoms. The summed E-state index contributed by atoms with van der Waals surface area (Å²) < 4.78 is 10.9. The monoisotopic (exact) mass is 292 g/mol. The molecular weight excluding hydrogens is 264 g/mol. The van der Waals surface area contributed by atoms with E-state index in [2.05, 4.69) is 41.5 Å². The lowest BCUT2D eigenvalue weighted by molar-refractivity contribution is 0.0484. The molecule has 0 fully saturated rings. The Hall–Kier alpha value is -1.35. The molecule has 0 aliphatic heterocycles. The summed E-state index contributed by atoms with van der Waals surface area (Å²) in [5.41, 5.74) is 2.58. The van der Waals surface area contributed by atoms with Crippen molar-refractivity contribution in [3.63, 3.8) is 0 Å². The van der Waals surface area contributed by atoms with Gasteiger partial charge >= 0.3 is 0 Å². The summed E-state index contributed by atoms with van der Waals surface area (Å²) in [7, 11) is 1.61. The minimum atomic E-state index is -0.117. The number of ketones is 1. The molecule has 0 amide bonds. The second-order valence-corrected chi connectivity index (χ2v) is 7.51. The molecule has 21 heavy (non-hydrogen) atoms. The van der Waals surface area contributed by atoms with E-state index in [4.69, 9.17) is 9.47 Å². The van der Waals surface area contributed by atoms with Gasteiger partial charge in [0, 0.05) is 23.8 Å². The van der Waals surface area contributed by atoms with Crippen molar-refractivity contribution >= 4 is 5.78 Å². The Morgan fingerprint density at radius 2 is 1.43 bits per heavy atom. The fraction of sp³-hybridized carbons (Fsp3) is 0.611. The Morgan fingerprint density at radius 3 is 1.71 bits per heavy atom. The molecule has 0 unspecified atom stereocenters. The first kappa shape index (κ1) is 17.7. The van der Waals surface area contributed by atoms with Gasteiger partial charge in [0.05, 0.1) is 0 Å². The molecule has 0 atom stereocenters. The zero-order chi connectivity index (χ0) is 16.4. The van der Waals surface area contributed by atoms with Gasteiger partial charge in [-0.05, 0) is 29.9 Å². The van der Waals surface area contributed by atoms with Crippen LogP contribution < -0.4 is 4.74 Å². The van der Waals surface area contributed by atoms with E-state index < -0.39 is 0 Å². The fourth-order valence-electron chi connectivity index (χ4n) is 2.22. The number of benzene rings is 1. The van der Waals surface area contributed by atoms with Crippen LogP contribution in [0.5, 0.6) is 5.75 Å². The molecule has 1 aromatic carbocycles. The van der Waals surface area contributed by atoms with Crippen molar-refractivity contribution in [2.75, 3.05) is 13.9 Å². The largest absolute Gasteiger partial charge is 0.467 e. The maximum atomic E-state index is 11.9. The van der Waals surface area contributed by atoms with Crippen LogP contribution in [0.15, 0.2) is 12.1 Å². The molecule has 0 saturated carbocycles. The number of ether oxygens (including phenoxy) is 2. The van der Waals surface area contributed by atoms with E-state index >= 15 is 0 Å². The van der Waals surface area contributed by atoms with Gasteiger partial charge in [0.1, 0.15) is 5.75 Å². The fourth-order valence-corrected chi connectivity index (χ4v) is 2.22. The van der Waals surface area contributed by atoms with Gasteiger partial charge in [-0.2, -0.15) is 0 Å². The third kappa shape index (κ3) is 4.31. The van der Waals surface area contributed by atoms with Gasteiger partial charge in [-0.15, -0.1) is 0 Å². The Bertz CT molecular complexity index is 481. The van der Waals surface area contributed by atoms with Gasteiger partial charge in [0.15, 0.2) is 12.6 Å². The number of hydrogen-bond donors (Lipinski definition) is 0. The lowest BCUT2D eigenvalue weighted by atomic mass is 9.78. The molecular formula is C18H28O3. The third-order valence-electron chi connectivity index (χ3n) is 3.43. The van der Waals surface area contributed by atoms with Crippen molar-refractivity contribution in [2.45, 2.75) is 59.3 Å². The summed E-state index contributed by atoms with van der Waals surface area (Å²) in [5, 5.41) is 0. The SMILES string of the molecule is COCOc1c(C(C)(C)C)cc(C(C)=O)cc1C(C)(C)C. The Labute approximate surface area is 128 Å². The maximum Gasteiger partial charge on any atom is 0.188 e. The summed E-state index contributed by atoms with van der Waals surface area (Å²) >= 11 is 0. The molecule has 0 aromatic heterocycles. The minimum absolute atomic E-state index is 0.0734. The van der Waals surface area contributed by atoms with Gasteiger partial charge in [0.25, 0.3) is 0 Å². The average Bonchev–Trinajstić information content (AvgIpc) is 2.32. The normalized spacial score (nSPS) is 12.4. The highest BCUT2D eigenvalue weighted by molar-refractivity contribution is 5.95. The highest BCUT2D eigenvalue weighted by Crippen LogP contribution is 2.40. The molecule has 0 N–H and O–H groups in total. The first-order valence-corrected chi connectivity index (χ1v) is 7.30. The average molecular weight is 292 g/mol. The van der Waals surface area contributed by atoms with E-state index in [0.29, 0.717) is 0 Å². The number of methoxy groups -OCH3 is 1. The summed E-state index contributed by atoms with van der Waals surface area (Å²) in [6.45, 7) is 14.5. The van der Waals surface area contributed by atoms with Crippen molar-refractivity contribution < 1.29 is 14.3 Å². The summed E-state index contributed by atoms with van der Waals surface area (Å²) in [5.74, 6) is 0.908. The van der Waals surface area contributed by atoms with Crippen molar-refractivity contribution in [3.8, 4) is 5.75 Å². The van der Waals surface area contributed by atoms with Crippen LogP contribution in [-0.4, -0.2) is 19.7 Å². The van der Waals surface area contributed by atoms with Crippen molar-refractivity contribution in [1.29, 1.82) is 0 Å². The number of hydrogen-bond acceptors (Lipinski definition) is 3. The van der Waals surface area contributed by atoms with Crippen LogP contribution in [0.25, 0.3) is 0 Å². The van der Waals surface area contributed by atoms with E-state index in [1.165, 1.54) is 0 Å². The van der Waals surface area contributed by atoms with Crippen LogP contribution in [0.2, 0.25) is 0 Å². The molecule has 0 aliphatic carbocycles. The first-order chi connectivity index (χ1) is 9.48. The molecule has 0 bridgehead atoms. The molecule has 0 spiro atoms. The smallest absolute Gasteiger partial charge is 0.188 e. The lowest BCUT2D eigenvalue weighted by Gasteiger charge is -2.30. The van der Waals surface area contributed by atoms with Crippen LogP contribution in [0.1, 0.15) is 70.0 Å². The molecule has 0 aliphatic rings. The highest BCUT2D eigenvalue weighted by Gasteiger charge is 2.28. The molecule has 3 nitrogen and oxygen atoms in total. The van der Waals surface area contributed by atoms with Crippen LogP contribution >= 0.6 is 0 Å².